The number of aliphatic hydroxyl groups is 1. The van der Waals surface area contributed by atoms with Crippen LogP contribution in [0.25, 0.3) is 0 Å². The first kappa shape index (κ1) is 17.1. The Bertz CT molecular complexity index is 647. The Labute approximate surface area is 140 Å². The highest BCUT2D eigenvalue weighted by molar-refractivity contribution is 6.30. The molecule has 1 atom stereocenters. The molecule has 0 aliphatic rings. The molecule has 1 unspecified atom stereocenters. The van der Waals surface area contributed by atoms with Crippen LogP contribution >= 0.6 is 11.6 Å². The minimum Gasteiger partial charge on any atom is -0.494 e. The SMILES string of the molecule is CCOc1cccc(NC(=O)NC(CO)c2ccc(Cl)cc2)c1. The van der Waals surface area contributed by atoms with Crippen molar-refractivity contribution in [2.24, 2.45) is 0 Å². The summed E-state index contributed by atoms with van der Waals surface area (Å²) >= 11 is 5.84. The molecule has 0 heterocycles. The van der Waals surface area contributed by atoms with Crippen LogP contribution in [-0.2, 0) is 0 Å². The number of rotatable bonds is 6. The van der Waals surface area contributed by atoms with Crippen molar-refractivity contribution in [2.75, 3.05) is 18.5 Å². The predicted molar refractivity (Wildman–Crippen MR) is 91.0 cm³/mol. The van der Waals surface area contributed by atoms with Crippen LogP contribution in [-0.4, -0.2) is 24.4 Å². The van der Waals surface area contributed by atoms with Gasteiger partial charge in [-0.3, -0.25) is 0 Å². The Kier molecular flexibility index (Phi) is 6.26. The summed E-state index contributed by atoms with van der Waals surface area (Å²) in [7, 11) is 0. The van der Waals surface area contributed by atoms with Crippen LogP contribution in [0.4, 0.5) is 10.5 Å². The second-order valence-electron chi connectivity index (χ2n) is 4.85. The van der Waals surface area contributed by atoms with E-state index in [1.165, 1.54) is 0 Å². The lowest BCUT2D eigenvalue weighted by Gasteiger charge is -2.17. The summed E-state index contributed by atoms with van der Waals surface area (Å²) in [6, 6.07) is 13.1. The van der Waals surface area contributed by atoms with Gasteiger partial charge in [-0.05, 0) is 36.8 Å². The van der Waals surface area contributed by atoms with Crippen LogP contribution in [0, 0.1) is 0 Å². The Morgan fingerprint density at radius 2 is 2.00 bits per heavy atom. The molecule has 0 saturated heterocycles. The molecule has 2 aromatic carbocycles. The van der Waals surface area contributed by atoms with E-state index in [0.717, 1.165) is 5.56 Å². The third kappa shape index (κ3) is 5.16. The zero-order chi connectivity index (χ0) is 16.7. The van der Waals surface area contributed by atoms with E-state index in [1.807, 2.05) is 13.0 Å². The van der Waals surface area contributed by atoms with E-state index in [-0.39, 0.29) is 6.61 Å². The average Bonchev–Trinajstić information content (AvgIpc) is 2.54. The van der Waals surface area contributed by atoms with Crippen molar-refractivity contribution in [1.82, 2.24) is 5.32 Å². The number of anilines is 1. The standard InChI is InChI=1S/C17H19ClN2O3/c1-2-23-15-5-3-4-14(10-15)19-17(22)20-16(11-21)12-6-8-13(18)9-7-12/h3-10,16,21H,2,11H2,1H3,(H2,19,20,22). The van der Waals surface area contributed by atoms with E-state index in [0.29, 0.717) is 23.1 Å². The highest BCUT2D eigenvalue weighted by atomic mass is 35.5. The number of ether oxygens (including phenoxy) is 1. The fourth-order valence-electron chi connectivity index (χ4n) is 2.09. The van der Waals surface area contributed by atoms with Crippen molar-refractivity contribution < 1.29 is 14.6 Å². The molecule has 0 fully saturated rings. The lowest BCUT2D eigenvalue weighted by molar-refractivity contribution is 0.225. The molecule has 122 valence electrons. The number of carbonyl (C=O) groups is 1. The van der Waals surface area contributed by atoms with E-state index in [1.54, 1.807) is 42.5 Å². The Hall–Kier alpha value is -2.24. The minimum atomic E-state index is -0.512. The number of nitrogens with one attached hydrogen (secondary N) is 2. The van der Waals surface area contributed by atoms with E-state index in [2.05, 4.69) is 10.6 Å². The number of carbonyl (C=O) groups excluding carboxylic acids is 1. The van der Waals surface area contributed by atoms with Crippen LogP contribution in [0.5, 0.6) is 5.75 Å². The molecule has 2 amide bonds. The number of amides is 2. The number of urea groups is 1. The quantitative estimate of drug-likeness (QED) is 0.756. The van der Waals surface area contributed by atoms with Gasteiger partial charge in [0.15, 0.2) is 0 Å². The molecule has 0 radical (unpaired) electrons. The number of benzene rings is 2. The molecule has 0 aliphatic heterocycles. The molecule has 0 aliphatic carbocycles. The molecule has 23 heavy (non-hydrogen) atoms. The van der Waals surface area contributed by atoms with Crippen LogP contribution in [0.1, 0.15) is 18.5 Å². The van der Waals surface area contributed by atoms with Crippen LogP contribution < -0.4 is 15.4 Å². The van der Waals surface area contributed by atoms with Crippen LogP contribution in [0.15, 0.2) is 48.5 Å². The van der Waals surface area contributed by atoms with Crippen molar-refractivity contribution in [1.29, 1.82) is 0 Å². The molecular weight excluding hydrogens is 316 g/mol. The molecule has 5 nitrogen and oxygen atoms in total. The lowest BCUT2D eigenvalue weighted by Crippen LogP contribution is -2.34. The molecule has 2 aromatic rings. The summed E-state index contributed by atoms with van der Waals surface area (Å²) in [5.74, 6) is 0.682. The first-order valence-electron chi connectivity index (χ1n) is 7.29. The Morgan fingerprint density at radius 1 is 1.26 bits per heavy atom. The predicted octanol–water partition coefficient (Wildman–Crippen LogP) is 3.59. The normalized spacial score (nSPS) is 11.6. The summed E-state index contributed by atoms with van der Waals surface area (Å²) in [4.78, 5) is 12.1. The third-order valence-electron chi connectivity index (χ3n) is 3.16. The number of hydrogen-bond donors (Lipinski definition) is 3. The van der Waals surface area contributed by atoms with Gasteiger partial charge in [0, 0.05) is 16.8 Å². The van der Waals surface area contributed by atoms with Crippen molar-refractivity contribution in [2.45, 2.75) is 13.0 Å². The molecule has 2 rings (SSSR count). The van der Waals surface area contributed by atoms with Crippen LogP contribution in [0.2, 0.25) is 5.02 Å². The third-order valence-corrected chi connectivity index (χ3v) is 3.42. The number of halogens is 1. The fourth-order valence-corrected chi connectivity index (χ4v) is 2.21. The van der Waals surface area contributed by atoms with Crippen molar-refractivity contribution in [3.63, 3.8) is 0 Å². The van der Waals surface area contributed by atoms with Gasteiger partial charge in [-0.15, -0.1) is 0 Å². The highest BCUT2D eigenvalue weighted by Gasteiger charge is 2.13. The molecule has 0 aromatic heterocycles. The van der Waals surface area contributed by atoms with E-state index in [4.69, 9.17) is 16.3 Å². The summed E-state index contributed by atoms with van der Waals surface area (Å²) in [6.45, 7) is 2.23. The zero-order valence-corrected chi connectivity index (χ0v) is 13.5. The highest BCUT2D eigenvalue weighted by Crippen LogP contribution is 2.19. The Balaban J connectivity index is 1.99. The van der Waals surface area contributed by atoms with Crippen molar-refractivity contribution in [3.8, 4) is 5.75 Å². The summed E-state index contributed by atoms with van der Waals surface area (Å²) in [5.41, 5.74) is 1.39. The van der Waals surface area contributed by atoms with Gasteiger partial charge in [0.25, 0.3) is 0 Å². The van der Waals surface area contributed by atoms with Gasteiger partial charge in [0.2, 0.25) is 0 Å². The van der Waals surface area contributed by atoms with Crippen molar-refractivity contribution in [3.05, 3.63) is 59.1 Å². The van der Waals surface area contributed by atoms with Gasteiger partial charge in [0.1, 0.15) is 5.75 Å². The zero-order valence-electron chi connectivity index (χ0n) is 12.8. The molecule has 3 N–H and O–H groups in total. The molecule has 0 bridgehead atoms. The first-order chi connectivity index (χ1) is 11.1. The van der Waals surface area contributed by atoms with Crippen molar-refractivity contribution >= 4 is 23.3 Å². The Morgan fingerprint density at radius 3 is 2.65 bits per heavy atom. The fraction of sp³-hybridized carbons (Fsp3) is 0.235. The minimum absolute atomic E-state index is 0.214. The van der Waals surface area contributed by atoms with E-state index >= 15 is 0 Å². The van der Waals surface area contributed by atoms with Gasteiger partial charge in [-0.25, -0.2) is 4.79 Å². The number of aliphatic hydroxyl groups excluding tert-OH is 1. The molecule has 0 spiro atoms. The van der Waals surface area contributed by atoms with Gasteiger partial charge in [-0.2, -0.15) is 0 Å². The maximum atomic E-state index is 12.1. The van der Waals surface area contributed by atoms with Crippen LogP contribution in [0.3, 0.4) is 0 Å². The average molecular weight is 335 g/mol. The second kappa shape index (κ2) is 8.41. The first-order valence-corrected chi connectivity index (χ1v) is 7.67. The smallest absolute Gasteiger partial charge is 0.319 e. The van der Waals surface area contributed by atoms with Gasteiger partial charge in [0.05, 0.1) is 19.3 Å². The molecular formula is C17H19ClN2O3. The summed E-state index contributed by atoms with van der Waals surface area (Å²) in [6.07, 6.45) is 0. The van der Waals surface area contributed by atoms with Gasteiger partial charge in [-0.1, -0.05) is 29.8 Å². The molecule has 6 heteroatoms. The second-order valence-corrected chi connectivity index (χ2v) is 5.28. The van der Waals surface area contributed by atoms with E-state index in [9.17, 15) is 9.90 Å². The monoisotopic (exact) mass is 334 g/mol. The largest absolute Gasteiger partial charge is 0.494 e. The lowest BCUT2D eigenvalue weighted by atomic mass is 10.1. The topological polar surface area (TPSA) is 70.6 Å². The van der Waals surface area contributed by atoms with E-state index < -0.39 is 12.1 Å². The summed E-state index contributed by atoms with van der Waals surface area (Å²) < 4.78 is 5.39. The molecule has 0 saturated carbocycles. The summed E-state index contributed by atoms with van der Waals surface area (Å²) in [5, 5.41) is 15.5. The van der Waals surface area contributed by atoms with Gasteiger partial charge < -0.3 is 20.5 Å². The van der Waals surface area contributed by atoms with Gasteiger partial charge >= 0.3 is 6.03 Å². The maximum absolute atomic E-state index is 12.1. The number of hydrogen-bond acceptors (Lipinski definition) is 3. The maximum Gasteiger partial charge on any atom is 0.319 e.